The Morgan fingerprint density at radius 2 is 0.913 bits per heavy atom. The third-order valence-corrected chi connectivity index (χ3v) is 10.9. The average molecular weight is 383 g/mol. The first-order valence-corrected chi connectivity index (χ1v) is 15.3. The largest absolute Gasteiger partial charge is 0.395 e. The highest BCUT2D eigenvalue weighted by Gasteiger charge is 2.30. The molecule has 0 aliphatic heterocycles. The highest BCUT2D eigenvalue weighted by atomic mass is 32.2. The van der Waals surface area contributed by atoms with E-state index in [-0.39, 0.29) is 0 Å². The van der Waals surface area contributed by atoms with Gasteiger partial charge in [-0.1, -0.05) is 0 Å². The van der Waals surface area contributed by atoms with E-state index in [4.69, 9.17) is 17.7 Å². The molecule has 0 aliphatic rings. The van der Waals surface area contributed by atoms with Crippen molar-refractivity contribution in [2.24, 2.45) is 0 Å². The smallest absolute Gasteiger partial charge is 0.334 e. The van der Waals surface area contributed by atoms with Crippen LogP contribution in [0.2, 0.25) is 25.2 Å². The minimum atomic E-state index is -1.92. The highest BCUT2D eigenvalue weighted by molar-refractivity contribution is 7.99. The standard InChI is InChI=1S/C16H38O4SSi2/c1-7-17-22(5,18-8-2)15-11-13-21-14-12-16-23(6,19-9-3)20-10-4/h7-16H2,1-6H3. The van der Waals surface area contributed by atoms with E-state index in [1.165, 1.54) is 24.3 Å². The van der Waals surface area contributed by atoms with Crippen LogP contribution in [0.3, 0.4) is 0 Å². The highest BCUT2D eigenvalue weighted by Crippen LogP contribution is 2.21. The maximum absolute atomic E-state index is 5.88. The fraction of sp³-hybridized carbons (Fsp3) is 1.00. The van der Waals surface area contributed by atoms with Crippen LogP contribution in [-0.4, -0.2) is 55.1 Å². The number of hydrogen-bond acceptors (Lipinski definition) is 5. The topological polar surface area (TPSA) is 36.9 Å². The van der Waals surface area contributed by atoms with Gasteiger partial charge in [-0.3, -0.25) is 0 Å². The van der Waals surface area contributed by atoms with Gasteiger partial charge < -0.3 is 17.7 Å². The van der Waals surface area contributed by atoms with Crippen molar-refractivity contribution in [3.05, 3.63) is 0 Å². The molecule has 0 radical (unpaired) electrons. The summed E-state index contributed by atoms with van der Waals surface area (Å²) in [6.07, 6.45) is 2.36. The quantitative estimate of drug-likeness (QED) is 0.283. The van der Waals surface area contributed by atoms with Crippen molar-refractivity contribution in [3.63, 3.8) is 0 Å². The summed E-state index contributed by atoms with van der Waals surface area (Å²) in [6.45, 7) is 15.6. The van der Waals surface area contributed by atoms with Gasteiger partial charge in [0.1, 0.15) is 0 Å². The Balaban J connectivity index is 3.83. The van der Waals surface area contributed by atoms with Crippen molar-refractivity contribution < 1.29 is 17.7 Å². The summed E-state index contributed by atoms with van der Waals surface area (Å²) < 4.78 is 23.5. The lowest BCUT2D eigenvalue weighted by atomic mass is 10.6. The summed E-state index contributed by atoms with van der Waals surface area (Å²) in [6, 6.07) is 2.18. The molecule has 0 aliphatic carbocycles. The van der Waals surface area contributed by atoms with Crippen LogP contribution in [0, 0.1) is 0 Å². The molecule has 0 aromatic carbocycles. The number of rotatable bonds is 16. The first-order valence-electron chi connectivity index (χ1n) is 9.08. The fourth-order valence-corrected chi connectivity index (χ4v) is 8.92. The van der Waals surface area contributed by atoms with Crippen LogP contribution in [0.25, 0.3) is 0 Å². The first kappa shape index (κ1) is 23.6. The van der Waals surface area contributed by atoms with Crippen molar-refractivity contribution in [2.45, 2.75) is 65.7 Å². The molecule has 0 amide bonds. The molecule has 0 fully saturated rings. The van der Waals surface area contributed by atoms with Crippen LogP contribution >= 0.6 is 11.8 Å². The monoisotopic (exact) mass is 382 g/mol. The van der Waals surface area contributed by atoms with Gasteiger partial charge in [-0.05, 0) is 77.2 Å². The van der Waals surface area contributed by atoms with E-state index < -0.39 is 17.1 Å². The molecule has 0 saturated carbocycles. The van der Waals surface area contributed by atoms with Gasteiger partial charge in [-0.2, -0.15) is 11.8 Å². The zero-order chi connectivity index (χ0) is 17.6. The second kappa shape index (κ2) is 13.9. The predicted molar refractivity (Wildman–Crippen MR) is 106 cm³/mol. The van der Waals surface area contributed by atoms with Crippen molar-refractivity contribution in [2.75, 3.05) is 37.9 Å². The molecule has 0 spiro atoms. The van der Waals surface area contributed by atoms with Crippen LogP contribution in [-0.2, 0) is 17.7 Å². The lowest BCUT2D eigenvalue weighted by molar-refractivity contribution is 0.188. The Morgan fingerprint density at radius 3 is 1.17 bits per heavy atom. The van der Waals surface area contributed by atoms with Gasteiger partial charge in [0.15, 0.2) is 0 Å². The molecule has 23 heavy (non-hydrogen) atoms. The second-order valence-electron chi connectivity index (χ2n) is 5.82. The summed E-state index contributed by atoms with van der Waals surface area (Å²) in [5.74, 6) is 2.37. The van der Waals surface area contributed by atoms with Crippen molar-refractivity contribution in [1.82, 2.24) is 0 Å². The Hall–Kier alpha value is 0.624. The minimum absolute atomic E-state index is 0.758. The van der Waals surface area contributed by atoms with Crippen LogP contribution in [0.15, 0.2) is 0 Å². The van der Waals surface area contributed by atoms with Gasteiger partial charge in [0, 0.05) is 26.4 Å². The number of hydrogen-bond donors (Lipinski definition) is 0. The van der Waals surface area contributed by atoms with E-state index in [1.54, 1.807) is 0 Å². The van der Waals surface area contributed by atoms with E-state index in [2.05, 4.69) is 40.8 Å². The van der Waals surface area contributed by atoms with Gasteiger partial charge in [0.2, 0.25) is 0 Å². The Morgan fingerprint density at radius 1 is 0.609 bits per heavy atom. The Bertz CT molecular complexity index is 245. The molecule has 0 N–H and O–H groups in total. The van der Waals surface area contributed by atoms with Gasteiger partial charge in [-0.15, -0.1) is 0 Å². The van der Waals surface area contributed by atoms with Crippen molar-refractivity contribution in [1.29, 1.82) is 0 Å². The van der Waals surface area contributed by atoms with E-state index in [0.717, 1.165) is 38.5 Å². The molecule has 0 aromatic heterocycles. The van der Waals surface area contributed by atoms with Gasteiger partial charge in [0.25, 0.3) is 0 Å². The summed E-state index contributed by atoms with van der Waals surface area (Å²) >= 11 is 2.03. The third-order valence-electron chi connectivity index (χ3n) is 3.64. The van der Waals surface area contributed by atoms with Gasteiger partial charge in [-0.25, -0.2) is 0 Å². The molecule has 4 nitrogen and oxygen atoms in total. The van der Waals surface area contributed by atoms with Crippen LogP contribution in [0.4, 0.5) is 0 Å². The summed E-state index contributed by atoms with van der Waals surface area (Å²) in [7, 11) is -3.83. The number of thioether (sulfide) groups is 1. The van der Waals surface area contributed by atoms with Crippen LogP contribution in [0.5, 0.6) is 0 Å². The molecule has 0 saturated heterocycles. The lowest BCUT2D eigenvalue weighted by Gasteiger charge is -2.26. The average Bonchev–Trinajstić information content (AvgIpc) is 2.47. The second-order valence-corrected chi connectivity index (χ2v) is 13.7. The summed E-state index contributed by atoms with van der Waals surface area (Å²) in [5.41, 5.74) is 0. The maximum Gasteiger partial charge on any atom is 0.334 e. The molecule has 0 heterocycles. The molecule has 0 bridgehead atoms. The normalized spacial score (nSPS) is 12.8. The zero-order valence-corrected chi connectivity index (χ0v) is 18.9. The van der Waals surface area contributed by atoms with Crippen molar-refractivity contribution >= 4 is 28.9 Å². The predicted octanol–water partition coefficient (Wildman–Crippen LogP) is 4.79. The molecule has 0 atom stereocenters. The molecule has 140 valence electrons. The third kappa shape index (κ3) is 11.7. The Labute approximate surface area is 150 Å². The van der Waals surface area contributed by atoms with E-state index in [9.17, 15) is 0 Å². The molecule has 7 heteroatoms. The molecule has 0 rings (SSSR count). The van der Waals surface area contributed by atoms with Crippen LogP contribution in [0.1, 0.15) is 40.5 Å². The van der Waals surface area contributed by atoms with E-state index >= 15 is 0 Å². The van der Waals surface area contributed by atoms with Gasteiger partial charge in [0.05, 0.1) is 0 Å². The zero-order valence-electron chi connectivity index (χ0n) is 16.1. The van der Waals surface area contributed by atoms with E-state index in [1.807, 2.05) is 11.8 Å². The molecular formula is C16H38O4SSi2. The molecule has 0 aromatic rings. The minimum Gasteiger partial charge on any atom is -0.395 e. The fourth-order valence-electron chi connectivity index (χ4n) is 2.69. The summed E-state index contributed by atoms with van der Waals surface area (Å²) in [4.78, 5) is 0. The Kier molecular flexibility index (Phi) is 14.2. The first-order chi connectivity index (χ1) is 10.9. The van der Waals surface area contributed by atoms with Crippen molar-refractivity contribution in [3.8, 4) is 0 Å². The SMILES string of the molecule is CCO[Si](C)(CCCSCCC[Si](C)(OCC)OCC)OCC. The summed E-state index contributed by atoms with van der Waals surface area (Å²) in [5, 5.41) is 0. The molecule has 0 unspecified atom stereocenters. The van der Waals surface area contributed by atoms with Crippen LogP contribution < -0.4 is 0 Å². The van der Waals surface area contributed by atoms with Gasteiger partial charge >= 0.3 is 17.1 Å². The van der Waals surface area contributed by atoms with E-state index in [0.29, 0.717) is 0 Å². The lowest BCUT2D eigenvalue weighted by Crippen LogP contribution is -2.38. The maximum atomic E-state index is 5.88. The molecular weight excluding hydrogens is 344 g/mol.